The number of nitrogens with two attached hydrogens (primary N) is 1. The molecule has 1 aromatic heterocycles. The van der Waals surface area contributed by atoms with Gasteiger partial charge < -0.3 is 11.1 Å². The van der Waals surface area contributed by atoms with E-state index in [1.54, 1.807) is 0 Å². The zero-order valence-corrected chi connectivity index (χ0v) is 9.82. The molecule has 88 valence electrons. The van der Waals surface area contributed by atoms with Gasteiger partial charge in [0.15, 0.2) is 0 Å². The molecule has 0 saturated carbocycles. The van der Waals surface area contributed by atoms with Crippen molar-refractivity contribution in [2.45, 2.75) is 18.8 Å². The normalized spacial score (nSPS) is 17.4. The van der Waals surface area contributed by atoms with Crippen molar-refractivity contribution < 1.29 is 0 Å². The molecule has 2 heterocycles. The van der Waals surface area contributed by atoms with Gasteiger partial charge in [-0.05, 0) is 38.1 Å². The summed E-state index contributed by atoms with van der Waals surface area (Å²) in [6.45, 7) is 2.18. The van der Waals surface area contributed by atoms with E-state index in [-0.39, 0.29) is 0 Å². The highest BCUT2D eigenvalue weighted by molar-refractivity contribution is 5.94. The van der Waals surface area contributed by atoms with Gasteiger partial charge in [-0.2, -0.15) is 0 Å². The van der Waals surface area contributed by atoms with Crippen molar-refractivity contribution in [1.82, 2.24) is 10.3 Å². The van der Waals surface area contributed by atoms with Gasteiger partial charge in [0.25, 0.3) is 0 Å². The van der Waals surface area contributed by atoms with E-state index >= 15 is 0 Å². The van der Waals surface area contributed by atoms with Crippen LogP contribution in [-0.2, 0) is 0 Å². The number of pyridine rings is 1. The van der Waals surface area contributed by atoms with E-state index < -0.39 is 0 Å². The number of nitrogens with zero attached hydrogens (tertiary/aromatic N) is 1. The lowest BCUT2D eigenvalue weighted by molar-refractivity contribution is 0.455. The van der Waals surface area contributed by atoms with E-state index in [0.29, 0.717) is 5.92 Å². The van der Waals surface area contributed by atoms with Crippen LogP contribution >= 0.6 is 0 Å². The summed E-state index contributed by atoms with van der Waals surface area (Å²) in [6, 6.07) is 8.11. The maximum absolute atomic E-state index is 6.01. The summed E-state index contributed by atoms with van der Waals surface area (Å²) in [5, 5.41) is 5.75. The lowest BCUT2D eigenvalue weighted by Gasteiger charge is -2.23. The summed E-state index contributed by atoms with van der Waals surface area (Å²) < 4.78 is 0. The van der Waals surface area contributed by atoms with Crippen molar-refractivity contribution in [1.29, 1.82) is 0 Å². The smallest absolute Gasteiger partial charge is 0.0514 e. The first-order chi connectivity index (χ1) is 8.36. The molecule has 3 nitrogen and oxygen atoms in total. The third-order valence-electron chi connectivity index (χ3n) is 3.60. The number of anilines is 1. The summed E-state index contributed by atoms with van der Waals surface area (Å²) in [4.78, 5) is 4.59. The number of piperidine rings is 1. The molecule has 3 heteroatoms. The van der Waals surface area contributed by atoms with E-state index in [2.05, 4.69) is 16.4 Å². The van der Waals surface area contributed by atoms with Crippen LogP contribution in [0.3, 0.4) is 0 Å². The van der Waals surface area contributed by atoms with Gasteiger partial charge in [0, 0.05) is 28.6 Å². The molecule has 0 atom stereocenters. The molecule has 17 heavy (non-hydrogen) atoms. The average molecular weight is 227 g/mol. The van der Waals surface area contributed by atoms with Crippen LogP contribution < -0.4 is 11.1 Å². The van der Waals surface area contributed by atoms with Crippen molar-refractivity contribution in [3.05, 3.63) is 36.2 Å². The molecule has 1 aliphatic rings. The van der Waals surface area contributed by atoms with E-state index in [4.69, 9.17) is 5.73 Å². The predicted molar refractivity (Wildman–Crippen MR) is 71.0 cm³/mol. The second-order valence-corrected chi connectivity index (χ2v) is 4.66. The largest absolute Gasteiger partial charge is 0.398 e. The lowest BCUT2D eigenvalue weighted by Crippen LogP contribution is -2.27. The molecular weight excluding hydrogens is 210 g/mol. The zero-order valence-electron chi connectivity index (χ0n) is 9.82. The topological polar surface area (TPSA) is 50.9 Å². The molecule has 0 radical (unpaired) electrons. The van der Waals surface area contributed by atoms with Crippen LogP contribution in [0.15, 0.2) is 30.5 Å². The molecule has 1 fully saturated rings. The highest BCUT2D eigenvalue weighted by Gasteiger charge is 2.18. The Morgan fingerprint density at radius 2 is 1.94 bits per heavy atom. The second-order valence-electron chi connectivity index (χ2n) is 4.66. The van der Waals surface area contributed by atoms with Crippen LogP contribution in [0.4, 0.5) is 5.69 Å². The predicted octanol–water partition coefficient (Wildman–Crippen LogP) is 2.28. The van der Waals surface area contributed by atoms with Crippen LogP contribution in [0.5, 0.6) is 0 Å². The average Bonchev–Trinajstić information content (AvgIpc) is 2.40. The first-order valence-electron chi connectivity index (χ1n) is 6.20. The number of fused-ring (bicyclic) bond motifs is 1. The minimum atomic E-state index is 0.571. The number of aromatic nitrogens is 1. The number of nitrogen functional groups attached to an aromatic ring is 1. The molecule has 0 bridgehead atoms. The molecule has 0 amide bonds. The van der Waals surface area contributed by atoms with E-state index in [0.717, 1.165) is 24.2 Å². The van der Waals surface area contributed by atoms with Gasteiger partial charge >= 0.3 is 0 Å². The minimum absolute atomic E-state index is 0.571. The lowest BCUT2D eigenvalue weighted by atomic mass is 9.91. The van der Waals surface area contributed by atoms with Gasteiger partial charge in [-0.15, -0.1) is 0 Å². The van der Waals surface area contributed by atoms with Crippen molar-refractivity contribution in [2.75, 3.05) is 18.8 Å². The molecule has 2 aromatic rings. The van der Waals surface area contributed by atoms with Crippen LogP contribution in [0, 0.1) is 0 Å². The number of nitrogens with one attached hydrogen (secondary N) is 1. The molecule has 3 N–H and O–H groups in total. The Hall–Kier alpha value is -1.61. The molecular formula is C14H17N3. The number of rotatable bonds is 1. The fourth-order valence-electron chi connectivity index (χ4n) is 2.67. The maximum Gasteiger partial charge on any atom is 0.0514 e. The van der Waals surface area contributed by atoms with Gasteiger partial charge in [0.2, 0.25) is 0 Å². The summed E-state index contributed by atoms with van der Waals surface area (Å²) in [5.41, 5.74) is 8.08. The molecule has 1 aromatic carbocycles. The third kappa shape index (κ3) is 1.87. The highest BCUT2D eigenvalue weighted by Crippen LogP contribution is 2.31. The third-order valence-corrected chi connectivity index (χ3v) is 3.60. The number of benzene rings is 1. The first-order valence-corrected chi connectivity index (χ1v) is 6.20. The summed E-state index contributed by atoms with van der Waals surface area (Å²) >= 11 is 0. The fourth-order valence-corrected chi connectivity index (χ4v) is 2.67. The Morgan fingerprint density at radius 1 is 1.12 bits per heavy atom. The molecule has 0 spiro atoms. The van der Waals surface area contributed by atoms with Gasteiger partial charge in [0.05, 0.1) is 5.69 Å². The second kappa shape index (κ2) is 4.34. The Morgan fingerprint density at radius 3 is 2.76 bits per heavy atom. The van der Waals surface area contributed by atoms with Gasteiger partial charge in [-0.1, -0.05) is 12.1 Å². The van der Waals surface area contributed by atoms with Gasteiger partial charge in [0.1, 0.15) is 0 Å². The van der Waals surface area contributed by atoms with Crippen LogP contribution in [0.2, 0.25) is 0 Å². The summed E-state index contributed by atoms with van der Waals surface area (Å²) in [5.74, 6) is 0.571. The Bertz CT molecular complexity index is 530. The maximum atomic E-state index is 6.01. The SMILES string of the molecule is Nc1cccc2c(C3CCNCC3)nccc12. The van der Waals surface area contributed by atoms with Gasteiger partial charge in [-0.25, -0.2) is 0 Å². The Kier molecular flexibility index (Phi) is 2.69. The fraction of sp³-hybridized carbons (Fsp3) is 0.357. The number of hydrogen-bond acceptors (Lipinski definition) is 3. The standard InChI is InChI=1S/C14H17N3/c15-13-3-1-2-12-11(13)6-9-17-14(12)10-4-7-16-8-5-10/h1-3,6,9-10,16H,4-5,7-8,15H2. The molecule has 3 rings (SSSR count). The van der Waals surface area contributed by atoms with E-state index in [9.17, 15) is 0 Å². The number of hydrogen-bond donors (Lipinski definition) is 2. The van der Waals surface area contributed by atoms with Gasteiger partial charge in [-0.3, -0.25) is 4.98 Å². The Balaban J connectivity index is 2.12. The zero-order chi connectivity index (χ0) is 11.7. The summed E-state index contributed by atoms with van der Waals surface area (Å²) in [7, 11) is 0. The first kappa shape index (κ1) is 10.5. The molecule has 0 unspecified atom stereocenters. The van der Waals surface area contributed by atoms with Crippen LogP contribution in [-0.4, -0.2) is 18.1 Å². The summed E-state index contributed by atoms with van der Waals surface area (Å²) in [6.07, 6.45) is 4.22. The van der Waals surface area contributed by atoms with Crippen molar-refractivity contribution in [2.24, 2.45) is 0 Å². The highest BCUT2D eigenvalue weighted by atomic mass is 14.9. The van der Waals surface area contributed by atoms with Crippen molar-refractivity contribution in [3.63, 3.8) is 0 Å². The van der Waals surface area contributed by atoms with Crippen molar-refractivity contribution >= 4 is 16.5 Å². The van der Waals surface area contributed by atoms with Crippen molar-refractivity contribution in [3.8, 4) is 0 Å². The monoisotopic (exact) mass is 227 g/mol. The minimum Gasteiger partial charge on any atom is -0.398 e. The van der Waals surface area contributed by atoms with Crippen LogP contribution in [0.1, 0.15) is 24.5 Å². The molecule has 0 aliphatic carbocycles. The molecule has 1 aliphatic heterocycles. The Labute approximate surface area is 101 Å². The quantitative estimate of drug-likeness (QED) is 0.735. The molecule has 1 saturated heterocycles. The van der Waals surface area contributed by atoms with E-state index in [1.165, 1.54) is 23.9 Å². The van der Waals surface area contributed by atoms with E-state index in [1.807, 2.05) is 24.4 Å². The van der Waals surface area contributed by atoms with Crippen LogP contribution in [0.25, 0.3) is 10.8 Å².